The van der Waals surface area contributed by atoms with Crippen molar-refractivity contribution >= 4 is 15.9 Å². The Morgan fingerprint density at radius 3 is 2.52 bits per heavy atom. The van der Waals surface area contributed by atoms with Gasteiger partial charge < -0.3 is 10.2 Å². The van der Waals surface area contributed by atoms with Crippen molar-refractivity contribution in [1.29, 1.82) is 0 Å². The highest BCUT2D eigenvalue weighted by molar-refractivity contribution is 7.89. The molecule has 1 unspecified atom stereocenters. The minimum absolute atomic E-state index is 0.0802. The summed E-state index contributed by atoms with van der Waals surface area (Å²) in [5, 5.41) is 3.24. The third kappa shape index (κ3) is 3.70. The summed E-state index contributed by atoms with van der Waals surface area (Å²) in [6.45, 7) is 2.21. The summed E-state index contributed by atoms with van der Waals surface area (Å²) in [5.41, 5.74) is 0. The van der Waals surface area contributed by atoms with E-state index in [9.17, 15) is 17.6 Å². The number of likely N-dealkylation sites (N-methyl/N-ethyl adjacent to an activating group) is 1. The molecule has 2 aliphatic heterocycles. The molecule has 0 radical (unpaired) electrons. The minimum Gasteiger partial charge on any atom is -0.341 e. The summed E-state index contributed by atoms with van der Waals surface area (Å²) in [7, 11) is -2.03. The molecule has 25 heavy (non-hydrogen) atoms. The monoisotopic (exact) mass is 369 g/mol. The first-order chi connectivity index (χ1) is 11.9. The van der Waals surface area contributed by atoms with E-state index >= 15 is 0 Å². The van der Waals surface area contributed by atoms with Crippen molar-refractivity contribution in [1.82, 2.24) is 14.5 Å². The lowest BCUT2D eigenvalue weighted by atomic mass is 9.96. The maximum Gasteiger partial charge on any atom is 0.245 e. The third-order valence-electron chi connectivity index (χ3n) is 5.19. The Bertz CT molecular complexity index is 726. The SMILES string of the molecule is CN(C(=O)C1CCN(S(=O)(=O)c2ccccc2F)CC1)C1CCNC1. The highest BCUT2D eigenvalue weighted by Gasteiger charge is 2.35. The molecule has 2 saturated heterocycles. The van der Waals surface area contributed by atoms with Gasteiger partial charge in [0, 0.05) is 38.6 Å². The fourth-order valence-corrected chi connectivity index (χ4v) is 5.11. The molecular weight excluding hydrogens is 345 g/mol. The molecule has 1 atom stereocenters. The molecule has 2 heterocycles. The Kier molecular flexibility index (Phi) is 5.41. The lowest BCUT2D eigenvalue weighted by molar-refractivity contribution is -0.137. The molecule has 1 aromatic carbocycles. The van der Waals surface area contributed by atoms with Gasteiger partial charge in [-0.3, -0.25) is 4.79 Å². The zero-order valence-corrected chi connectivity index (χ0v) is 15.1. The molecule has 2 fully saturated rings. The standard InChI is InChI=1S/C17H24FN3O3S/c1-20(14-6-9-19-12-14)17(22)13-7-10-21(11-8-13)25(23,24)16-5-3-2-4-15(16)18/h2-5,13-14,19H,6-12H2,1H3. The quantitative estimate of drug-likeness (QED) is 0.861. The van der Waals surface area contributed by atoms with Gasteiger partial charge in [0.2, 0.25) is 15.9 Å². The summed E-state index contributed by atoms with van der Waals surface area (Å²) in [6, 6.07) is 5.62. The van der Waals surface area contributed by atoms with E-state index in [2.05, 4.69) is 5.32 Å². The number of piperidine rings is 1. The van der Waals surface area contributed by atoms with Crippen LogP contribution >= 0.6 is 0 Å². The van der Waals surface area contributed by atoms with Crippen LogP contribution in [0.5, 0.6) is 0 Å². The molecule has 8 heteroatoms. The van der Waals surface area contributed by atoms with E-state index in [1.807, 2.05) is 7.05 Å². The zero-order valence-electron chi connectivity index (χ0n) is 14.3. The Balaban J connectivity index is 1.63. The molecule has 0 aromatic heterocycles. The van der Waals surface area contributed by atoms with Crippen LogP contribution in [0.4, 0.5) is 4.39 Å². The molecule has 1 amide bonds. The van der Waals surface area contributed by atoms with Crippen molar-refractivity contribution in [3.63, 3.8) is 0 Å². The largest absolute Gasteiger partial charge is 0.341 e. The summed E-state index contributed by atoms with van der Waals surface area (Å²) in [6.07, 6.45) is 1.89. The van der Waals surface area contributed by atoms with E-state index in [-0.39, 0.29) is 35.9 Å². The average Bonchev–Trinajstić information content (AvgIpc) is 3.15. The number of carbonyl (C=O) groups is 1. The maximum absolute atomic E-state index is 13.9. The normalized spacial score (nSPS) is 22.9. The highest BCUT2D eigenvalue weighted by atomic mass is 32.2. The summed E-state index contributed by atoms with van der Waals surface area (Å²) in [4.78, 5) is 14.1. The first kappa shape index (κ1) is 18.3. The number of carbonyl (C=O) groups excluding carboxylic acids is 1. The Labute approximate surface area is 148 Å². The van der Waals surface area contributed by atoms with E-state index < -0.39 is 15.8 Å². The molecule has 138 valence electrons. The number of nitrogens with zero attached hydrogens (tertiary/aromatic N) is 2. The number of hydrogen-bond donors (Lipinski definition) is 1. The van der Waals surface area contributed by atoms with Gasteiger partial charge in [-0.1, -0.05) is 12.1 Å². The Morgan fingerprint density at radius 2 is 1.92 bits per heavy atom. The maximum atomic E-state index is 13.9. The number of benzene rings is 1. The predicted molar refractivity (Wildman–Crippen MR) is 91.9 cm³/mol. The van der Waals surface area contributed by atoms with Crippen LogP contribution in [-0.4, -0.2) is 62.8 Å². The lowest BCUT2D eigenvalue weighted by Gasteiger charge is -2.34. The minimum atomic E-state index is -3.85. The third-order valence-corrected chi connectivity index (χ3v) is 7.12. The van der Waals surface area contributed by atoms with Crippen LogP contribution in [-0.2, 0) is 14.8 Å². The second-order valence-electron chi connectivity index (χ2n) is 6.70. The van der Waals surface area contributed by atoms with Gasteiger partial charge in [0.05, 0.1) is 0 Å². The fraction of sp³-hybridized carbons (Fsp3) is 0.588. The molecule has 0 bridgehead atoms. The van der Waals surface area contributed by atoms with Crippen LogP contribution in [0.2, 0.25) is 0 Å². The Morgan fingerprint density at radius 1 is 1.24 bits per heavy atom. The average molecular weight is 369 g/mol. The van der Waals surface area contributed by atoms with Crippen LogP contribution in [0.25, 0.3) is 0 Å². The van der Waals surface area contributed by atoms with E-state index in [0.717, 1.165) is 25.6 Å². The van der Waals surface area contributed by atoms with Crippen LogP contribution < -0.4 is 5.32 Å². The van der Waals surface area contributed by atoms with E-state index in [0.29, 0.717) is 12.8 Å². The van der Waals surface area contributed by atoms with Crippen molar-refractivity contribution in [3.05, 3.63) is 30.1 Å². The summed E-state index contributed by atoms with van der Waals surface area (Å²) < 4.78 is 40.4. The molecule has 0 saturated carbocycles. The van der Waals surface area contributed by atoms with Gasteiger partial charge in [-0.25, -0.2) is 12.8 Å². The van der Waals surface area contributed by atoms with Gasteiger partial charge in [-0.15, -0.1) is 0 Å². The van der Waals surface area contributed by atoms with Gasteiger partial charge in [0.15, 0.2) is 0 Å². The first-order valence-corrected chi connectivity index (χ1v) is 10.1. The molecular formula is C17H24FN3O3S. The van der Waals surface area contributed by atoms with Crippen molar-refractivity contribution in [2.24, 2.45) is 5.92 Å². The van der Waals surface area contributed by atoms with Gasteiger partial charge >= 0.3 is 0 Å². The number of sulfonamides is 1. The van der Waals surface area contributed by atoms with Crippen LogP contribution in [0.3, 0.4) is 0 Å². The molecule has 0 aliphatic carbocycles. The molecule has 1 aromatic rings. The van der Waals surface area contributed by atoms with Crippen LogP contribution in [0.15, 0.2) is 29.2 Å². The van der Waals surface area contributed by atoms with Crippen molar-refractivity contribution < 1.29 is 17.6 Å². The van der Waals surface area contributed by atoms with Gasteiger partial charge in [0.1, 0.15) is 10.7 Å². The smallest absolute Gasteiger partial charge is 0.245 e. The molecule has 2 aliphatic rings. The van der Waals surface area contributed by atoms with Crippen molar-refractivity contribution in [2.75, 3.05) is 33.2 Å². The van der Waals surface area contributed by atoms with Gasteiger partial charge in [-0.2, -0.15) is 4.31 Å². The summed E-state index contributed by atoms with van der Waals surface area (Å²) >= 11 is 0. The van der Waals surface area contributed by atoms with Gasteiger partial charge in [0.25, 0.3) is 0 Å². The molecule has 6 nitrogen and oxygen atoms in total. The van der Waals surface area contributed by atoms with E-state index in [4.69, 9.17) is 0 Å². The molecule has 3 rings (SSSR count). The molecule has 0 spiro atoms. The van der Waals surface area contributed by atoms with E-state index in [1.165, 1.54) is 22.5 Å². The number of rotatable bonds is 4. The second kappa shape index (κ2) is 7.39. The number of hydrogen-bond acceptors (Lipinski definition) is 4. The lowest BCUT2D eigenvalue weighted by Crippen LogP contribution is -2.46. The Hall–Kier alpha value is -1.51. The fourth-order valence-electron chi connectivity index (χ4n) is 3.57. The number of halogens is 1. The first-order valence-electron chi connectivity index (χ1n) is 8.63. The zero-order chi connectivity index (χ0) is 18.0. The van der Waals surface area contributed by atoms with Gasteiger partial charge in [-0.05, 0) is 37.9 Å². The number of nitrogens with one attached hydrogen (secondary N) is 1. The van der Waals surface area contributed by atoms with Crippen LogP contribution in [0, 0.1) is 11.7 Å². The topological polar surface area (TPSA) is 69.7 Å². The second-order valence-corrected chi connectivity index (χ2v) is 8.61. The van der Waals surface area contributed by atoms with Crippen LogP contribution in [0.1, 0.15) is 19.3 Å². The van der Waals surface area contributed by atoms with Crippen molar-refractivity contribution in [2.45, 2.75) is 30.2 Å². The summed E-state index contributed by atoms with van der Waals surface area (Å²) in [5.74, 6) is -0.830. The highest BCUT2D eigenvalue weighted by Crippen LogP contribution is 2.26. The van der Waals surface area contributed by atoms with E-state index in [1.54, 1.807) is 4.90 Å². The number of amides is 1. The predicted octanol–water partition coefficient (Wildman–Crippen LogP) is 1.05. The molecule has 1 N–H and O–H groups in total. The van der Waals surface area contributed by atoms with Crippen molar-refractivity contribution in [3.8, 4) is 0 Å².